The van der Waals surface area contributed by atoms with Crippen LogP contribution in [0.15, 0.2) is 30.3 Å². The molecule has 21 heavy (non-hydrogen) atoms. The van der Waals surface area contributed by atoms with Crippen molar-refractivity contribution in [2.24, 2.45) is 0 Å². The molecular formula is C15H19NO5. The second kappa shape index (κ2) is 7.75. The normalized spacial score (nSPS) is 19.7. The van der Waals surface area contributed by atoms with Crippen molar-refractivity contribution < 1.29 is 24.2 Å². The molecule has 1 heterocycles. The van der Waals surface area contributed by atoms with Gasteiger partial charge in [-0.2, -0.15) is 0 Å². The summed E-state index contributed by atoms with van der Waals surface area (Å²) in [6.07, 6.45) is 2.36. The molecule has 0 aromatic heterocycles. The van der Waals surface area contributed by atoms with E-state index >= 15 is 0 Å². The topological polar surface area (TPSA) is 84.9 Å². The Kier molecular flexibility index (Phi) is 5.71. The van der Waals surface area contributed by atoms with E-state index in [4.69, 9.17) is 14.6 Å². The molecule has 2 rings (SSSR count). The summed E-state index contributed by atoms with van der Waals surface area (Å²) >= 11 is 0. The van der Waals surface area contributed by atoms with Gasteiger partial charge >= 0.3 is 5.97 Å². The molecule has 1 aromatic carbocycles. The average Bonchev–Trinajstić information content (AvgIpc) is 2.52. The summed E-state index contributed by atoms with van der Waals surface area (Å²) in [4.78, 5) is 23.2. The highest BCUT2D eigenvalue weighted by atomic mass is 16.7. The quantitative estimate of drug-likeness (QED) is 0.828. The predicted octanol–water partition coefficient (Wildman–Crippen LogP) is 1.41. The van der Waals surface area contributed by atoms with Crippen molar-refractivity contribution in [2.75, 3.05) is 13.2 Å². The minimum atomic E-state index is -1.13. The second-order valence-corrected chi connectivity index (χ2v) is 4.86. The zero-order chi connectivity index (χ0) is 15.1. The van der Waals surface area contributed by atoms with Crippen molar-refractivity contribution >= 4 is 11.9 Å². The van der Waals surface area contributed by atoms with Gasteiger partial charge in [0, 0.05) is 12.2 Å². The Morgan fingerprint density at radius 3 is 2.71 bits per heavy atom. The van der Waals surface area contributed by atoms with Crippen molar-refractivity contribution in [3.63, 3.8) is 0 Å². The summed E-state index contributed by atoms with van der Waals surface area (Å²) in [5, 5.41) is 11.6. The van der Waals surface area contributed by atoms with Gasteiger partial charge in [-0.15, -0.1) is 0 Å². The number of aliphatic carboxylic acids is 1. The summed E-state index contributed by atoms with van der Waals surface area (Å²) < 4.78 is 10.8. The number of amides is 1. The fourth-order valence-electron chi connectivity index (χ4n) is 2.05. The molecule has 1 saturated heterocycles. The summed E-state index contributed by atoms with van der Waals surface area (Å²) in [6, 6.07) is 7.38. The van der Waals surface area contributed by atoms with Gasteiger partial charge in [-0.3, -0.25) is 4.79 Å². The van der Waals surface area contributed by atoms with E-state index in [-0.39, 0.29) is 12.9 Å². The van der Waals surface area contributed by atoms with Crippen LogP contribution < -0.4 is 5.32 Å². The smallest absolute Gasteiger partial charge is 0.328 e. The molecule has 1 aromatic rings. The fourth-order valence-corrected chi connectivity index (χ4v) is 2.05. The Bertz CT molecular complexity index is 470. The maximum atomic E-state index is 11.9. The van der Waals surface area contributed by atoms with E-state index in [1.165, 1.54) is 0 Å². The first kappa shape index (κ1) is 15.5. The third kappa shape index (κ3) is 4.84. The van der Waals surface area contributed by atoms with Crippen molar-refractivity contribution in [2.45, 2.75) is 31.6 Å². The van der Waals surface area contributed by atoms with Gasteiger partial charge in [-0.25, -0.2) is 4.79 Å². The summed E-state index contributed by atoms with van der Waals surface area (Å²) in [5.74, 6) is -1.56. The van der Waals surface area contributed by atoms with Crippen LogP contribution in [0.1, 0.15) is 29.6 Å². The third-order valence-corrected chi connectivity index (χ3v) is 3.23. The van der Waals surface area contributed by atoms with Crippen molar-refractivity contribution in [3.05, 3.63) is 35.9 Å². The molecule has 6 heteroatoms. The number of hydrogen-bond acceptors (Lipinski definition) is 4. The van der Waals surface area contributed by atoms with E-state index in [0.29, 0.717) is 12.2 Å². The molecule has 1 unspecified atom stereocenters. The standard InChI is InChI=1S/C15H19NO5/c17-14(11-6-2-1-3-7-11)16-12(15(18)19)10-21-13-8-4-5-9-20-13/h1-3,6-7,12-13H,4-5,8-10H2,(H,16,17)(H,18,19)/t12-,13?/m0/s1. The highest BCUT2D eigenvalue weighted by Gasteiger charge is 2.23. The number of carbonyl (C=O) groups is 2. The van der Waals surface area contributed by atoms with Crippen molar-refractivity contribution in [1.82, 2.24) is 5.32 Å². The largest absolute Gasteiger partial charge is 0.480 e. The highest BCUT2D eigenvalue weighted by Crippen LogP contribution is 2.13. The minimum Gasteiger partial charge on any atom is -0.480 e. The van der Waals surface area contributed by atoms with Crippen LogP contribution in [0.25, 0.3) is 0 Å². The maximum absolute atomic E-state index is 11.9. The van der Waals surface area contributed by atoms with E-state index in [2.05, 4.69) is 5.32 Å². The predicted molar refractivity (Wildman–Crippen MR) is 74.9 cm³/mol. The van der Waals surface area contributed by atoms with E-state index in [9.17, 15) is 9.59 Å². The van der Waals surface area contributed by atoms with Gasteiger partial charge < -0.3 is 19.9 Å². The molecule has 1 fully saturated rings. The molecule has 1 aliphatic rings. The average molecular weight is 293 g/mol. The van der Waals surface area contributed by atoms with Crippen LogP contribution in [-0.2, 0) is 14.3 Å². The molecular weight excluding hydrogens is 274 g/mol. The minimum absolute atomic E-state index is 0.113. The van der Waals surface area contributed by atoms with Crippen LogP contribution in [0.2, 0.25) is 0 Å². The molecule has 0 radical (unpaired) electrons. The van der Waals surface area contributed by atoms with Gasteiger partial charge in [0.15, 0.2) is 12.3 Å². The number of nitrogens with one attached hydrogen (secondary N) is 1. The zero-order valence-electron chi connectivity index (χ0n) is 11.7. The molecule has 2 atom stereocenters. The number of carboxylic acids is 1. The first-order valence-electron chi connectivity index (χ1n) is 6.99. The van der Waals surface area contributed by atoms with Crippen LogP contribution in [0.3, 0.4) is 0 Å². The van der Waals surface area contributed by atoms with Crippen molar-refractivity contribution in [1.29, 1.82) is 0 Å². The van der Waals surface area contributed by atoms with Crippen molar-refractivity contribution in [3.8, 4) is 0 Å². The maximum Gasteiger partial charge on any atom is 0.328 e. The number of carboxylic acid groups (broad SMARTS) is 1. The number of ether oxygens (including phenoxy) is 2. The van der Waals surface area contributed by atoms with E-state index in [0.717, 1.165) is 19.3 Å². The van der Waals surface area contributed by atoms with Gasteiger partial charge in [0.2, 0.25) is 0 Å². The summed E-state index contributed by atoms with van der Waals surface area (Å²) in [5.41, 5.74) is 0.415. The monoisotopic (exact) mass is 293 g/mol. The Morgan fingerprint density at radius 2 is 2.10 bits per heavy atom. The number of benzene rings is 1. The van der Waals surface area contributed by atoms with Crippen LogP contribution in [0.5, 0.6) is 0 Å². The van der Waals surface area contributed by atoms with Gasteiger partial charge in [-0.05, 0) is 31.4 Å². The lowest BCUT2D eigenvalue weighted by molar-refractivity contribution is -0.171. The lowest BCUT2D eigenvalue weighted by Crippen LogP contribution is -2.45. The molecule has 6 nitrogen and oxygen atoms in total. The Labute approximate surface area is 123 Å². The first-order valence-corrected chi connectivity index (χ1v) is 6.99. The molecule has 114 valence electrons. The second-order valence-electron chi connectivity index (χ2n) is 4.86. The van der Waals surface area contributed by atoms with E-state index < -0.39 is 17.9 Å². The molecule has 0 spiro atoms. The molecule has 1 amide bonds. The lowest BCUT2D eigenvalue weighted by atomic mass is 10.2. The number of carbonyl (C=O) groups excluding carboxylic acids is 1. The fraction of sp³-hybridized carbons (Fsp3) is 0.467. The van der Waals surface area contributed by atoms with E-state index in [1.54, 1.807) is 30.3 Å². The Hall–Kier alpha value is -1.92. The van der Waals surface area contributed by atoms with Gasteiger partial charge in [0.05, 0.1) is 6.61 Å². The SMILES string of the molecule is O=C(N[C@@H](COC1CCCCO1)C(=O)O)c1ccccc1. The zero-order valence-corrected chi connectivity index (χ0v) is 11.7. The number of hydrogen-bond donors (Lipinski definition) is 2. The summed E-state index contributed by atoms with van der Waals surface area (Å²) in [6.45, 7) is 0.511. The number of rotatable bonds is 6. The molecule has 2 N–H and O–H groups in total. The van der Waals surface area contributed by atoms with Gasteiger partial charge in [0.1, 0.15) is 0 Å². The van der Waals surface area contributed by atoms with Crippen LogP contribution >= 0.6 is 0 Å². The first-order chi connectivity index (χ1) is 10.2. The van der Waals surface area contributed by atoms with Crippen LogP contribution in [0.4, 0.5) is 0 Å². The Balaban J connectivity index is 1.86. The van der Waals surface area contributed by atoms with Crippen LogP contribution in [0, 0.1) is 0 Å². The Morgan fingerprint density at radius 1 is 1.33 bits per heavy atom. The van der Waals surface area contributed by atoms with Gasteiger partial charge in [-0.1, -0.05) is 18.2 Å². The molecule has 1 aliphatic heterocycles. The molecule has 0 aliphatic carbocycles. The summed E-state index contributed by atoms with van der Waals surface area (Å²) in [7, 11) is 0. The highest BCUT2D eigenvalue weighted by molar-refractivity contribution is 5.96. The van der Waals surface area contributed by atoms with Crippen LogP contribution in [-0.4, -0.2) is 42.5 Å². The molecule has 0 saturated carbocycles. The lowest BCUT2D eigenvalue weighted by Gasteiger charge is -2.24. The van der Waals surface area contributed by atoms with Gasteiger partial charge in [0.25, 0.3) is 5.91 Å². The third-order valence-electron chi connectivity index (χ3n) is 3.23. The molecule has 0 bridgehead atoms. The van der Waals surface area contributed by atoms with E-state index in [1.807, 2.05) is 0 Å².